The second-order valence-electron chi connectivity index (χ2n) is 10.2. The Bertz CT molecular complexity index is 1210. The first-order valence-electron chi connectivity index (χ1n) is 12.2. The molecule has 0 saturated heterocycles. The summed E-state index contributed by atoms with van der Waals surface area (Å²) in [5.74, 6) is 0.599. The molecule has 0 heterocycles. The SMILES string of the molecule is Cc1cccc(CN(C(=O)CSCc2ccc(Cl)c(Cl)c2)[C@H](Cc2ccccc2)C(=O)NC(C)(C)C)c1. The van der Waals surface area contributed by atoms with Gasteiger partial charge in [-0.2, -0.15) is 0 Å². The minimum absolute atomic E-state index is 0.0865. The van der Waals surface area contributed by atoms with E-state index >= 15 is 0 Å². The fourth-order valence-electron chi connectivity index (χ4n) is 3.98. The number of hydrogen-bond donors (Lipinski definition) is 1. The van der Waals surface area contributed by atoms with Gasteiger partial charge in [-0.05, 0) is 56.5 Å². The molecule has 0 aromatic heterocycles. The lowest BCUT2D eigenvalue weighted by molar-refractivity contribution is -0.140. The maximum atomic E-state index is 13.7. The molecule has 0 aliphatic carbocycles. The second kappa shape index (κ2) is 13.4. The summed E-state index contributed by atoms with van der Waals surface area (Å²) in [6, 6.07) is 22.7. The van der Waals surface area contributed by atoms with Gasteiger partial charge in [0.25, 0.3) is 0 Å². The number of hydrogen-bond acceptors (Lipinski definition) is 3. The third-order valence-corrected chi connectivity index (χ3v) is 7.41. The van der Waals surface area contributed by atoms with Gasteiger partial charge in [-0.25, -0.2) is 0 Å². The lowest BCUT2D eigenvalue weighted by Gasteiger charge is -2.34. The Balaban J connectivity index is 1.87. The molecule has 3 aromatic rings. The highest BCUT2D eigenvalue weighted by molar-refractivity contribution is 7.99. The number of thioether (sulfide) groups is 1. The molecule has 0 aliphatic rings. The van der Waals surface area contributed by atoms with Crippen LogP contribution in [0.25, 0.3) is 0 Å². The van der Waals surface area contributed by atoms with Crippen LogP contribution in [0.3, 0.4) is 0 Å². The van der Waals surface area contributed by atoms with Gasteiger partial charge in [-0.1, -0.05) is 89.4 Å². The molecule has 0 bridgehead atoms. The number of carbonyl (C=O) groups is 2. The van der Waals surface area contributed by atoms with E-state index in [9.17, 15) is 9.59 Å². The zero-order chi connectivity index (χ0) is 27.0. The van der Waals surface area contributed by atoms with Crippen molar-refractivity contribution in [1.29, 1.82) is 0 Å². The molecule has 1 atom stereocenters. The third kappa shape index (κ3) is 9.41. The van der Waals surface area contributed by atoms with Crippen molar-refractivity contribution in [3.05, 3.63) is 105 Å². The van der Waals surface area contributed by atoms with Gasteiger partial charge in [0.1, 0.15) is 6.04 Å². The van der Waals surface area contributed by atoms with Crippen molar-refractivity contribution < 1.29 is 9.59 Å². The van der Waals surface area contributed by atoms with Gasteiger partial charge < -0.3 is 10.2 Å². The number of nitrogens with zero attached hydrogens (tertiary/aromatic N) is 1. The highest BCUT2D eigenvalue weighted by atomic mass is 35.5. The normalized spacial score (nSPS) is 12.2. The van der Waals surface area contributed by atoms with Crippen LogP contribution >= 0.6 is 35.0 Å². The Morgan fingerprint density at radius 3 is 2.24 bits per heavy atom. The van der Waals surface area contributed by atoms with E-state index in [1.54, 1.807) is 11.0 Å². The quantitative estimate of drug-likeness (QED) is 0.290. The van der Waals surface area contributed by atoms with Gasteiger partial charge >= 0.3 is 0 Å². The maximum Gasteiger partial charge on any atom is 0.243 e. The number of aryl methyl sites for hydroxylation is 1. The fourth-order valence-corrected chi connectivity index (χ4v) is 5.16. The van der Waals surface area contributed by atoms with Gasteiger partial charge in [-0.15, -0.1) is 11.8 Å². The molecule has 4 nitrogen and oxygen atoms in total. The number of rotatable bonds is 10. The number of benzene rings is 3. The summed E-state index contributed by atoms with van der Waals surface area (Å²) in [4.78, 5) is 29.0. The van der Waals surface area contributed by atoms with E-state index in [0.717, 1.165) is 22.3 Å². The molecule has 0 spiro atoms. The number of halogens is 2. The van der Waals surface area contributed by atoms with Gasteiger partial charge in [-0.3, -0.25) is 9.59 Å². The first-order chi connectivity index (χ1) is 17.5. The van der Waals surface area contributed by atoms with E-state index in [1.165, 1.54) is 11.8 Å². The number of carbonyl (C=O) groups excluding carboxylic acids is 2. The van der Waals surface area contributed by atoms with Gasteiger partial charge in [0.05, 0.1) is 15.8 Å². The lowest BCUT2D eigenvalue weighted by atomic mass is 10.0. The molecule has 7 heteroatoms. The van der Waals surface area contributed by atoms with Crippen molar-refractivity contribution in [1.82, 2.24) is 10.2 Å². The third-order valence-electron chi connectivity index (χ3n) is 5.68. The molecule has 3 aromatic carbocycles. The summed E-state index contributed by atoms with van der Waals surface area (Å²) in [6.45, 7) is 8.22. The van der Waals surface area contributed by atoms with E-state index in [-0.39, 0.29) is 17.6 Å². The number of amides is 2. The number of nitrogens with one attached hydrogen (secondary N) is 1. The summed E-state index contributed by atoms with van der Waals surface area (Å²) in [5.41, 5.74) is 3.67. The van der Waals surface area contributed by atoms with Crippen molar-refractivity contribution in [2.24, 2.45) is 0 Å². The Morgan fingerprint density at radius 1 is 0.892 bits per heavy atom. The molecule has 3 rings (SSSR count). The van der Waals surface area contributed by atoms with Gasteiger partial charge in [0, 0.05) is 24.3 Å². The maximum absolute atomic E-state index is 13.7. The smallest absolute Gasteiger partial charge is 0.243 e. The minimum atomic E-state index is -0.653. The Labute approximate surface area is 234 Å². The zero-order valence-electron chi connectivity index (χ0n) is 21.8. The lowest BCUT2D eigenvalue weighted by Crippen LogP contribution is -2.54. The van der Waals surface area contributed by atoms with Gasteiger partial charge in [0.2, 0.25) is 11.8 Å². The highest BCUT2D eigenvalue weighted by Crippen LogP contribution is 2.25. The molecule has 0 unspecified atom stereocenters. The van der Waals surface area contributed by atoms with Crippen LogP contribution in [0.2, 0.25) is 10.0 Å². The standard InChI is InChI=1S/C30H34Cl2N2O2S/c1-21-9-8-12-23(15-21)18-34(28(35)20-37-19-24-13-14-25(31)26(32)16-24)27(29(36)33-30(2,3)4)17-22-10-6-5-7-11-22/h5-16,27H,17-20H2,1-4H3,(H,33,36)/t27-/m1/s1. The van der Waals surface area contributed by atoms with Crippen LogP contribution < -0.4 is 5.32 Å². The predicted octanol–water partition coefficient (Wildman–Crippen LogP) is 7.09. The van der Waals surface area contributed by atoms with E-state index < -0.39 is 11.6 Å². The molecule has 0 fully saturated rings. The first-order valence-corrected chi connectivity index (χ1v) is 14.2. The average Bonchev–Trinajstić information content (AvgIpc) is 2.83. The fraction of sp³-hybridized carbons (Fsp3) is 0.333. The van der Waals surface area contributed by atoms with Crippen LogP contribution in [0.15, 0.2) is 72.8 Å². The monoisotopic (exact) mass is 556 g/mol. The van der Waals surface area contributed by atoms with Crippen LogP contribution in [0.1, 0.15) is 43.0 Å². The van der Waals surface area contributed by atoms with Crippen molar-refractivity contribution in [3.8, 4) is 0 Å². The van der Waals surface area contributed by atoms with E-state index in [0.29, 0.717) is 28.8 Å². The van der Waals surface area contributed by atoms with Crippen LogP contribution in [0, 0.1) is 6.92 Å². The summed E-state index contributed by atoms with van der Waals surface area (Å²) in [5, 5.41) is 4.10. The predicted molar refractivity (Wildman–Crippen MR) is 156 cm³/mol. The largest absolute Gasteiger partial charge is 0.350 e. The van der Waals surface area contributed by atoms with Crippen LogP contribution in [0.4, 0.5) is 0 Å². The van der Waals surface area contributed by atoms with E-state index in [4.69, 9.17) is 23.2 Å². The topological polar surface area (TPSA) is 49.4 Å². The molecule has 0 saturated carbocycles. The second-order valence-corrected chi connectivity index (χ2v) is 12.0. The van der Waals surface area contributed by atoms with Crippen molar-refractivity contribution in [2.75, 3.05) is 5.75 Å². The van der Waals surface area contributed by atoms with Crippen LogP contribution in [-0.4, -0.2) is 34.0 Å². The first kappa shape index (κ1) is 29.1. The molecule has 0 aliphatic heterocycles. The Morgan fingerprint density at radius 2 is 1.59 bits per heavy atom. The van der Waals surface area contributed by atoms with Crippen LogP contribution in [0.5, 0.6) is 0 Å². The van der Waals surface area contributed by atoms with Gasteiger partial charge in [0.15, 0.2) is 0 Å². The zero-order valence-corrected chi connectivity index (χ0v) is 24.1. The Kier molecular flexibility index (Phi) is 10.5. The van der Waals surface area contributed by atoms with Crippen molar-refractivity contribution in [2.45, 2.75) is 58.0 Å². The van der Waals surface area contributed by atoms with E-state index in [2.05, 4.69) is 11.4 Å². The average molecular weight is 558 g/mol. The highest BCUT2D eigenvalue weighted by Gasteiger charge is 2.32. The van der Waals surface area contributed by atoms with Crippen molar-refractivity contribution >= 4 is 46.8 Å². The molecule has 0 radical (unpaired) electrons. The minimum Gasteiger partial charge on any atom is -0.350 e. The Hall–Kier alpha value is -2.47. The molecule has 196 valence electrons. The molecular weight excluding hydrogens is 523 g/mol. The summed E-state index contributed by atoms with van der Waals surface area (Å²) in [6.07, 6.45) is 0.428. The molecule has 1 N–H and O–H groups in total. The summed E-state index contributed by atoms with van der Waals surface area (Å²) in [7, 11) is 0. The molecule has 2 amide bonds. The molecular formula is C30H34Cl2N2O2S. The van der Waals surface area contributed by atoms with Crippen molar-refractivity contribution in [3.63, 3.8) is 0 Å². The summed E-state index contributed by atoms with van der Waals surface area (Å²) >= 11 is 13.7. The van der Waals surface area contributed by atoms with E-state index in [1.807, 2.05) is 88.4 Å². The summed E-state index contributed by atoms with van der Waals surface area (Å²) < 4.78 is 0. The molecule has 37 heavy (non-hydrogen) atoms. The van der Waals surface area contributed by atoms with Crippen LogP contribution in [-0.2, 0) is 28.3 Å².